The number of aromatic nitrogens is 2. The maximum atomic E-state index is 5.37. The minimum Gasteiger partial charge on any atom is -0.493 e. The van der Waals surface area contributed by atoms with E-state index in [1.165, 1.54) is 11.1 Å². The fourth-order valence-corrected chi connectivity index (χ4v) is 3.13. The van der Waals surface area contributed by atoms with Gasteiger partial charge in [-0.25, -0.2) is 9.97 Å². The Balaban J connectivity index is 2.21. The van der Waals surface area contributed by atoms with Gasteiger partial charge in [0.15, 0.2) is 16.7 Å². The summed E-state index contributed by atoms with van der Waals surface area (Å²) in [6.45, 7) is 8.17. The molecule has 22 heavy (non-hydrogen) atoms. The minimum atomic E-state index is 0.751. The Morgan fingerprint density at radius 1 is 0.909 bits per heavy atom. The lowest BCUT2D eigenvalue weighted by Gasteiger charge is -2.12. The molecule has 0 saturated heterocycles. The van der Waals surface area contributed by atoms with Gasteiger partial charge in [-0.3, -0.25) is 0 Å². The molecule has 0 N–H and O–H groups in total. The Morgan fingerprint density at radius 2 is 1.45 bits per heavy atom. The molecule has 1 heterocycles. The highest BCUT2D eigenvalue weighted by Gasteiger charge is 2.10. The molecule has 0 amide bonds. The van der Waals surface area contributed by atoms with Crippen molar-refractivity contribution in [3.05, 3.63) is 40.2 Å². The van der Waals surface area contributed by atoms with Crippen LogP contribution in [0.5, 0.6) is 11.5 Å². The van der Waals surface area contributed by atoms with E-state index in [-0.39, 0.29) is 0 Å². The van der Waals surface area contributed by atoms with Gasteiger partial charge < -0.3 is 9.47 Å². The fourth-order valence-electron chi connectivity index (χ4n) is 2.13. The van der Waals surface area contributed by atoms with E-state index in [0.717, 1.165) is 39.4 Å². The number of ether oxygens (including phenoxy) is 2. The Bertz CT molecular complexity index is 664. The van der Waals surface area contributed by atoms with Crippen LogP contribution in [0, 0.1) is 27.7 Å². The van der Waals surface area contributed by atoms with Crippen molar-refractivity contribution in [3.8, 4) is 11.5 Å². The number of thioether (sulfide) groups is 1. The van der Waals surface area contributed by atoms with Crippen LogP contribution in [0.2, 0.25) is 0 Å². The summed E-state index contributed by atoms with van der Waals surface area (Å²) in [5.41, 5.74) is 5.61. The number of methoxy groups -OCH3 is 2. The molecule has 0 fully saturated rings. The molecular weight excluding hydrogens is 296 g/mol. The highest BCUT2D eigenvalue weighted by atomic mass is 32.2. The van der Waals surface area contributed by atoms with Crippen LogP contribution in [0.4, 0.5) is 0 Å². The molecule has 0 aliphatic carbocycles. The van der Waals surface area contributed by atoms with Crippen LogP contribution in [-0.4, -0.2) is 24.2 Å². The Kier molecular flexibility index (Phi) is 5.29. The van der Waals surface area contributed by atoms with E-state index >= 15 is 0 Å². The largest absolute Gasteiger partial charge is 0.493 e. The first-order valence-electron chi connectivity index (χ1n) is 7.12. The molecular formula is C17H22N2O2S. The molecule has 1 aromatic heterocycles. The molecule has 5 heteroatoms. The van der Waals surface area contributed by atoms with Crippen molar-refractivity contribution in [2.24, 2.45) is 0 Å². The maximum absolute atomic E-state index is 5.37. The predicted octanol–water partition coefficient (Wildman–Crippen LogP) is 4.02. The van der Waals surface area contributed by atoms with E-state index in [0.29, 0.717) is 0 Å². The SMILES string of the molecule is COc1cc(C)c(CSc2nc(C)c(C)c(C)n2)cc1OC. The highest BCUT2D eigenvalue weighted by Crippen LogP contribution is 2.33. The highest BCUT2D eigenvalue weighted by molar-refractivity contribution is 7.98. The van der Waals surface area contributed by atoms with Crippen LogP contribution in [0.15, 0.2) is 17.3 Å². The van der Waals surface area contributed by atoms with Crippen molar-refractivity contribution in [2.45, 2.75) is 38.6 Å². The molecule has 0 aliphatic rings. The van der Waals surface area contributed by atoms with Gasteiger partial charge in [-0.1, -0.05) is 11.8 Å². The zero-order valence-electron chi connectivity index (χ0n) is 14.0. The van der Waals surface area contributed by atoms with Crippen molar-refractivity contribution >= 4 is 11.8 Å². The van der Waals surface area contributed by atoms with Crippen molar-refractivity contribution in [1.29, 1.82) is 0 Å². The molecule has 2 rings (SSSR count). The van der Waals surface area contributed by atoms with Gasteiger partial charge in [0.25, 0.3) is 0 Å². The molecule has 4 nitrogen and oxygen atoms in total. The number of hydrogen-bond acceptors (Lipinski definition) is 5. The van der Waals surface area contributed by atoms with Crippen LogP contribution in [0.25, 0.3) is 0 Å². The molecule has 0 radical (unpaired) electrons. The third kappa shape index (κ3) is 3.53. The topological polar surface area (TPSA) is 44.2 Å². The number of benzene rings is 1. The zero-order valence-corrected chi connectivity index (χ0v) is 14.8. The first-order chi connectivity index (χ1) is 10.5. The first kappa shape index (κ1) is 16.6. The number of nitrogens with zero attached hydrogens (tertiary/aromatic N) is 2. The van der Waals surface area contributed by atoms with Crippen molar-refractivity contribution in [2.75, 3.05) is 14.2 Å². The van der Waals surface area contributed by atoms with Gasteiger partial charge in [0, 0.05) is 17.1 Å². The zero-order chi connectivity index (χ0) is 16.3. The lowest BCUT2D eigenvalue weighted by atomic mass is 10.1. The maximum Gasteiger partial charge on any atom is 0.188 e. The first-order valence-corrected chi connectivity index (χ1v) is 8.11. The summed E-state index contributed by atoms with van der Waals surface area (Å²) in [6, 6.07) is 4.02. The van der Waals surface area contributed by atoms with E-state index in [4.69, 9.17) is 9.47 Å². The minimum absolute atomic E-state index is 0.751. The number of aryl methyl sites for hydroxylation is 3. The lowest BCUT2D eigenvalue weighted by molar-refractivity contribution is 0.354. The third-order valence-corrected chi connectivity index (χ3v) is 4.71. The molecule has 0 unspecified atom stereocenters. The van der Waals surface area contributed by atoms with Gasteiger partial charge in [-0.2, -0.15) is 0 Å². The second kappa shape index (κ2) is 7.01. The van der Waals surface area contributed by atoms with E-state index < -0.39 is 0 Å². The average molecular weight is 318 g/mol. The molecule has 0 atom stereocenters. The molecule has 118 valence electrons. The Labute approximate surface area is 136 Å². The molecule has 0 spiro atoms. The summed E-state index contributed by atoms with van der Waals surface area (Å²) in [5, 5.41) is 0.815. The van der Waals surface area contributed by atoms with E-state index in [9.17, 15) is 0 Å². The Morgan fingerprint density at radius 3 is 2.00 bits per heavy atom. The monoisotopic (exact) mass is 318 g/mol. The molecule has 0 saturated carbocycles. The quantitative estimate of drug-likeness (QED) is 0.615. The van der Waals surface area contributed by atoms with Gasteiger partial charge in [0.1, 0.15) is 0 Å². The summed E-state index contributed by atoms with van der Waals surface area (Å²) < 4.78 is 10.7. The average Bonchev–Trinajstić information content (AvgIpc) is 2.50. The molecule has 2 aromatic rings. The van der Waals surface area contributed by atoms with E-state index in [1.807, 2.05) is 26.0 Å². The van der Waals surface area contributed by atoms with Gasteiger partial charge in [0.05, 0.1) is 14.2 Å². The van der Waals surface area contributed by atoms with Crippen LogP contribution in [0.3, 0.4) is 0 Å². The van der Waals surface area contributed by atoms with Crippen molar-refractivity contribution in [1.82, 2.24) is 9.97 Å². The summed E-state index contributed by atoms with van der Waals surface area (Å²) in [6.07, 6.45) is 0. The summed E-state index contributed by atoms with van der Waals surface area (Å²) in [7, 11) is 3.30. The Hall–Kier alpha value is -1.75. The van der Waals surface area contributed by atoms with Crippen LogP contribution >= 0.6 is 11.8 Å². The number of rotatable bonds is 5. The summed E-state index contributed by atoms with van der Waals surface area (Å²) >= 11 is 1.64. The van der Waals surface area contributed by atoms with E-state index in [2.05, 4.69) is 23.8 Å². The second-order valence-corrected chi connectivity index (χ2v) is 6.17. The molecule has 1 aromatic carbocycles. The second-order valence-electron chi connectivity index (χ2n) is 5.22. The van der Waals surface area contributed by atoms with Crippen LogP contribution in [0.1, 0.15) is 28.1 Å². The standard InChI is InChI=1S/C17H22N2O2S/c1-10-7-15(20-5)16(21-6)8-14(10)9-22-17-18-12(3)11(2)13(4)19-17/h7-8H,9H2,1-6H3. The fraction of sp³-hybridized carbons (Fsp3) is 0.412. The molecule has 0 bridgehead atoms. The van der Waals surface area contributed by atoms with Crippen LogP contribution < -0.4 is 9.47 Å². The summed E-state index contributed by atoms with van der Waals surface area (Å²) in [5.74, 6) is 2.31. The smallest absolute Gasteiger partial charge is 0.188 e. The summed E-state index contributed by atoms with van der Waals surface area (Å²) in [4.78, 5) is 9.10. The van der Waals surface area contributed by atoms with Gasteiger partial charge in [-0.05, 0) is 56.5 Å². The van der Waals surface area contributed by atoms with Gasteiger partial charge in [0.2, 0.25) is 0 Å². The van der Waals surface area contributed by atoms with E-state index in [1.54, 1.807) is 26.0 Å². The van der Waals surface area contributed by atoms with Gasteiger partial charge >= 0.3 is 0 Å². The predicted molar refractivity (Wildman–Crippen MR) is 90.1 cm³/mol. The lowest BCUT2D eigenvalue weighted by Crippen LogP contribution is -1.99. The van der Waals surface area contributed by atoms with Crippen molar-refractivity contribution in [3.63, 3.8) is 0 Å². The normalized spacial score (nSPS) is 10.6. The number of hydrogen-bond donors (Lipinski definition) is 0. The molecule has 0 aliphatic heterocycles. The third-order valence-electron chi connectivity index (χ3n) is 3.81. The van der Waals surface area contributed by atoms with Crippen LogP contribution in [-0.2, 0) is 5.75 Å². The van der Waals surface area contributed by atoms with Crippen molar-refractivity contribution < 1.29 is 9.47 Å². The van der Waals surface area contributed by atoms with Gasteiger partial charge in [-0.15, -0.1) is 0 Å².